The number of rotatable bonds is 2. The molecule has 0 fully saturated rings. The molecule has 0 aliphatic rings. The van der Waals surface area contributed by atoms with Gasteiger partial charge in [-0.3, -0.25) is 10.1 Å². The second kappa shape index (κ2) is 5.79. The van der Waals surface area contributed by atoms with Gasteiger partial charge in [0.15, 0.2) is 11.1 Å². The normalized spacial score (nSPS) is 11.6. The summed E-state index contributed by atoms with van der Waals surface area (Å²) in [6.45, 7) is 0. The van der Waals surface area contributed by atoms with Gasteiger partial charge < -0.3 is 4.55 Å². The fourth-order valence-electron chi connectivity index (χ4n) is 0.739. The number of hydrogen-bond acceptors (Lipinski definition) is 3. The van der Waals surface area contributed by atoms with Crippen molar-refractivity contribution in [2.45, 2.75) is 4.90 Å². The average Bonchev–Trinajstić information content (AvgIpc) is 2.04. The molecule has 0 radical (unpaired) electrons. The van der Waals surface area contributed by atoms with Gasteiger partial charge >= 0.3 is 29.6 Å². The summed E-state index contributed by atoms with van der Waals surface area (Å²) in [7, 11) is 0. The minimum atomic E-state index is -2.30. The summed E-state index contributed by atoms with van der Waals surface area (Å²) in [5.74, 6) is 0. The summed E-state index contributed by atoms with van der Waals surface area (Å²) in [4.78, 5) is 9.45. The monoisotopic (exact) mass is 244 g/mol. The molecule has 14 heavy (non-hydrogen) atoms. The van der Waals surface area contributed by atoms with E-state index in [1.54, 1.807) is 0 Å². The summed E-state index contributed by atoms with van der Waals surface area (Å²) in [5, 5.41) is 10.3. The zero-order chi connectivity index (χ0) is 10.0. The van der Waals surface area contributed by atoms with Crippen molar-refractivity contribution < 1.29 is 43.2 Å². The third-order valence-electron chi connectivity index (χ3n) is 1.31. The van der Waals surface area contributed by atoms with Gasteiger partial charge in [-0.15, -0.1) is 0 Å². The topological polar surface area (TPSA) is 80.4 Å². The van der Waals surface area contributed by atoms with E-state index in [1.165, 1.54) is 12.1 Å². The molecule has 1 aromatic rings. The molecular weight excluding hydrogens is 241 g/mol. The molecule has 0 aliphatic carbocycles. The fraction of sp³-hybridized carbons (Fsp3) is 0. The second-order valence-corrected chi connectivity index (χ2v) is 3.47. The van der Waals surface area contributed by atoms with Crippen LogP contribution in [0.5, 0.6) is 0 Å². The number of halogens is 1. The van der Waals surface area contributed by atoms with Crippen LogP contribution in [0.4, 0.5) is 5.69 Å². The van der Waals surface area contributed by atoms with Gasteiger partial charge in [-0.2, -0.15) is 0 Å². The van der Waals surface area contributed by atoms with Crippen molar-refractivity contribution in [3.8, 4) is 0 Å². The molecule has 1 unspecified atom stereocenters. The minimum absolute atomic E-state index is 0. The van der Waals surface area contributed by atoms with E-state index in [-0.39, 0.29) is 45.2 Å². The number of nitro benzene ring substituents is 1. The molecule has 0 aliphatic heterocycles. The molecule has 0 saturated heterocycles. The first kappa shape index (κ1) is 14.0. The molecule has 0 saturated carbocycles. The van der Waals surface area contributed by atoms with Crippen molar-refractivity contribution in [2.75, 3.05) is 0 Å². The third-order valence-corrected chi connectivity index (χ3v) is 2.47. The number of hydrogen-bond donors (Lipinski definition) is 1. The molecule has 0 spiro atoms. The Morgan fingerprint density at radius 3 is 2.50 bits per heavy atom. The molecule has 70 valence electrons. The summed E-state index contributed by atoms with van der Waals surface area (Å²) in [6.07, 6.45) is 0. The average molecular weight is 245 g/mol. The van der Waals surface area contributed by atoms with E-state index in [1.807, 2.05) is 0 Å². The first-order chi connectivity index (χ1) is 6.02. The first-order valence-corrected chi connectivity index (χ1v) is 4.55. The second-order valence-electron chi connectivity index (χ2n) is 2.12. The van der Waals surface area contributed by atoms with E-state index in [0.29, 0.717) is 0 Å². The van der Waals surface area contributed by atoms with Crippen LogP contribution in [0.25, 0.3) is 0 Å². The van der Waals surface area contributed by atoms with E-state index >= 15 is 0 Å². The summed E-state index contributed by atoms with van der Waals surface area (Å²) in [5.41, 5.74) is -0.262. The number of non-ortho nitro benzene ring substituents is 1. The van der Waals surface area contributed by atoms with Gasteiger partial charge in [-0.1, -0.05) is 11.6 Å². The Hall–Kier alpha value is 0.0200. The van der Waals surface area contributed by atoms with E-state index < -0.39 is 16.0 Å². The molecule has 1 atom stereocenters. The zero-order valence-corrected chi connectivity index (χ0v) is 10.7. The van der Waals surface area contributed by atoms with Crippen LogP contribution in [0.2, 0.25) is 5.02 Å². The largest absolute Gasteiger partial charge is 1.00 e. The standard InChI is InChI=1S/C6H4ClNO4S.Na/c7-5-2-1-4(8(9)10)3-6(5)13(11)12;/h1-3H,(H,11,12);/q;+1. The zero-order valence-electron chi connectivity index (χ0n) is 7.14. The number of nitro groups is 1. The van der Waals surface area contributed by atoms with Crippen molar-refractivity contribution in [2.24, 2.45) is 0 Å². The Morgan fingerprint density at radius 1 is 1.50 bits per heavy atom. The molecule has 0 aromatic heterocycles. The first-order valence-electron chi connectivity index (χ1n) is 3.07. The summed E-state index contributed by atoms with van der Waals surface area (Å²) in [6, 6.07) is 3.35. The van der Waals surface area contributed by atoms with Crippen molar-refractivity contribution >= 4 is 28.4 Å². The van der Waals surface area contributed by atoms with Gasteiger partial charge in [0.05, 0.1) is 14.8 Å². The molecule has 8 heteroatoms. The molecule has 5 nitrogen and oxygen atoms in total. The van der Waals surface area contributed by atoms with Gasteiger partial charge in [-0.25, -0.2) is 4.21 Å². The van der Waals surface area contributed by atoms with Crippen LogP contribution in [0.1, 0.15) is 0 Å². The number of nitrogens with zero attached hydrogens (tertiary/aromatic N) is 1. The third kappa shape index (κ3) is 3.30. The fourth-order valence-corrected chi connectivity index (χ4v) is 1.51. The van der Waals surface area contributed by atoms with Crippen LogP contribution in [-0.2, 0) is 11.1 Å². The molecule has 0 amide bonds. The van der Waals surface area contributed by atoms with Crippen LogP contribution >= 0.6 is 11.6 Å². The van der Waals surface area contributed by atoms with E-state index in [4.69, 9.17) is 16.2 Å². The van der Waals surface area contributed by atoms with Crippen molar-refractivity contribution in [1.29, 1.82) is 0 Å². The van der Waals surface area contributed by atoms with Crippen LogP contribution in [-0.4, -0.2) is 13.7 Å². The maximum absolute atomic E-state index is 10.6. The molecule has 1 aromatic carbocycles. The van der Waals surface area contributed by atoms with E-state index in [2.05, 4.69) is 0 Å². The van der Waals surface area contributed by atoms with Crippen molar-refractivity contribution in [3.63, 3.8) is 0 Å². The molecular formula is C6H4ClNNaO4S+. The Bertz CT molecular complexity index is 386. The summed E-state index contributed by atoms with van der Waals surface area (Å²) >= 11 is 3.22. The van der Waals surface area contributed by atoms with Crippen LogP contribution in [0, 0.1) is 10.1 Å². The van der Waals surface area contributed by atoms with Crippen molar-refractivity contribution in [3.05, 3.63) is 33.3 Å². The van der Waals surface area contributed by atoms with Gasteiger partial charge in [0.2, 0.25) is 0 Å². The Morgan fingerprint density at radius 2 is 2.07 bits per heavy atom. The maximum atomic E-state index is 10.6. The number of benzene rings is 1. The molecule has 1 N–H and O–H groups in total. The predicted octanol–water partition coefficient (Wildman–Crippen LogP) is -1.17. The Labute approximate surface area is 109 Å². The predicted molar refractivity (Wildman–Crippen MR) is 47.1 cm³/mol. The van der Waals surface area contributed by atoms with Gasteiger partial charge in [-0.05, 0) is 6.07 Å². The molecule has 0 bridgehead atoms. The minimum Gasteiger partial charge on any atom is -0.302 e. The van der Waals surface area contributed by atoms with Crippen molar-refractivity contribution in [1.82, 2.24) is 0 Å². The quantitative estimate of drug-likeness (QED) is 0.308. The molecule has 0 heterocycles. The van der Waals surface area contributed by atoms with Gasteiger partial charge in [0.25, 0.3) is 5.69 Å². The van der Waals surface area contributed by atoms with E-state index in [0.717, 1.165) is 6.07 Å². The summed E-state index contributed by atoms with van der Waals surface area (Å²) < 4.78 is 19.3. The van der Waals surface area contributed by atoms with E-state index in [9.17, 15) is 14.3 Å². The van der Waals surface area contributed by atoms with Crippen LogP contribution < -0.4 is 29.6 Å². The Kier molecular flexibility index (Phi) is 5.80. The van der Waals surface area contributed by atoms with Crippen LogP contribution in [0.3, 0.4) is 0 Å². The van der Waals surface area contributed by atoms with Gasteiger partial charge in [0.1, 0.15) is 0 Å². The van der Waals surface area contributed by atoms with Gasteiger partial charge in [0, 0.05) is 12.1 Å². The van der Waals surface area contributed by atoms with Crippen LogP contribution in [0.15, 0.2) is 23.1 Å². The SMILES string of the molecule is O=[N+]([O-])c1ccc(Cl)c(S(=O)O)c1.[Na+]. The maximum Gasteiger partial charge on any atom is 1.00 e. The Balaban J connectivity index is 0.00000169. The smallest absolute Gasteiger partial charge is 0.302 e. The molecule has 1 rings (SSSR count).